The number of rotatable bonds is 7. The number of amides is 2. The molecule has 1 aromatic rings. The van der Waals surface area contributed by atoms with E-state index >= 15 is 0 Å². The standard InChI is InChI=1S/C17H26N2O3/c1-3-17(21,4-2)12-19-16(20)18-9-7-13-5-6-15-14(11-13)8-10-22-15/h5-6,11,21H,3-4,7-10,12H2,1-2H3,(H2,18,19,20). The summed E-state index contributed by atoms with van der Waals surface area (Å²) in [5, 5.41) is 15.7. The van der Waals surface area contributed by atoms with Gasteiger partial charge in [-0.1, -0.05) is 26.0 Å². The van der Waals surface area contributed by atoms with E-state index in [1.165, 1.54) is 11.1 Å². The molecule has 5 nitrogen and oxygen atoms in total. The summed E-state index contributed by atoms with van der Waals surface area (Å²) in [6.45, 7) is 5.45. The Morgan fingerprint density at radius 2 is 2.09 bits per heavy atom. The number of hydrogen-bond donors (Lipinski definition) is 3. The highest BCUT2D eigenvalue weighted by molar-refractivity contribution is 5.73. The average molecular weight is 306 g/mol. The lowest BCUT2D eigenvalue weighted by atomic mass is 9.98. The second-order valence-electron chi connectivity index (χ2n) is 5.83. The van der Waals surface area contributed by atoms with Crippen molar-refractivity contribution in [3.05, 3.63) is 29.3 Å². The third-order valence-electron chi connectivity index (χ3n) is 4.35. The zero-order valence-corrected chi connectivity index (χ0v) is 13.4. The molecular formula is C17H26N2O3. The summed E-state index contributed by atoms with van der Waals surface area (Å²) >= 11 is 0. The molecule has 0 bridgehead atoms. The molecule has 0 radical (unpaired) electrons. The van der Waals surface area contributed by atoms with Gasteiger partial charge in [0, 0.05) is 19.5 Å². The van der Waals surface area contributed by atoms with Crippen molar-refractivity contribution >= 4 is 6.03 Å². The SMILES string of the molecule is CCC(O)(CC)CNC(=O)NCCc1ccc2c(c1)CCO2. The minimum Gasteiger partial charge on any atom is -0.493 e. The first-order chi connectivity index (χ1) is 10.6. The van der Waals surface area contributed by atoms with Crippen molar-refractivity contribution in [1.82, 2.24) is 10.6 Å². The van der Waals surface area contributed by atoms with Crippen LogP contribution in [0.15, 0.2) is 18.2 Å². The van der Waals surface area contributed by atoms with E-state index in [2.05, 4.69) is 16.7 Å². The Morgan fingerprint density at radius 3 is 2.82 bits per heavy atom. The van der Waals surface area contributed by atoms with E-state index in [-0.39, 0.29) is 12.6 Å². The summed E-state index contributed by atoms with van der Waals surface area (Å²) in [6, 6.07) is 5.95. The number of hydrogen-bond acceptors (Lipinski definition) is 3. The molecule has 2 amide bonds. The maximum atomic E-state index is 11.7. The zero-order valence-electron chi connectivity index (χ0n) is 13.4. The monoisotopic (exact) mass is 306 g/mol. The van der Waals surface area contributed by atoms with E-state index in [0.717, 1.165) is 25.2 Å². The third-order valence-corrected chi connectivity index (χ3v) is 4.35. The second-order valence-corrected chi connectivity index (χ2v) is 5.83. The van der Waals surface area contributed by atoms with Crippen LogP contribution >= 0.6 is 0 Å². The predicted octanol–water partition coefficient (Wildman–Crippen LogP) is 2.01. The van der Waals surface area contributed by atoms with Gasteiger partial charge >= 0.3 is 6.03 Å². The first-order valence-electron chi connectivity index (χ1n) is 8.05. The largest absolute Gasteiger partial charge is 0.493 e. The summed E-state index contributed by atoms with van der Waals surface area (Å²) in [6.07, 6.45) is 3.00. The molecule has 0 atom stereocenters. The number of benzene rings is 1. The molecule has 0 aliphatic carbocycles. The molecule has 1 heterocycles. The van der Waals surface area contributed by atoms with Crippen molar-refractivity contribution in [2.45, 2.75) is 45.1 Å². The van der Waals surface area contributed by atoms with Crippen molar-refractivity contribution in [2.75, 3.05) is 19.7 Å². The molecule has 2 rings (SSSR count). The Hall–Kier alpha value is -1.75. The van der Waals surface area contributed by atoms with Gasteiger partial charge < -0.3 is 20.5 Å². The zero-order chi connectivity index (χ0) is 16.0. The fraction of sp³-hybridized carbons (Fsp3) is 0.588. The molecule has 122 valence electrons. The van der Waals surface area contributed by atoms with Crippen LogP contribution in [0.25, 0.3) is 0 Å². The van der Waals surface area contributed by atoms with Crippen LogP contribution in [0, 0.1) is 0 Å². The maximum Gasteiger partial charge on any atom is 0.314 e. The van der Waals surface area contributed by atoms with Gasteiger partial charge in [-0.3, -0.25) is 0 Å². The normalized spacial score (nSPS) is 13.4. The average Bonchev–Trinajstić information content (AvgIpc) is 3.00. The van der Waals surface area contributed by atoms with Crippen molar-refractivity contribution in [2.24, 2.45) is 0 Å². The van der Waals surface area contributed by atoms with Crippen LogP contribution in [0.4, 0.5) is 4.79 Å². The van der Waals surface area contributed by atoms with E-state index in [9.17, 15) is 9.90 Å². The molecule has 0 aromatic heterocycles. The van der Waals surface area contributed by atoms with Gasteiger partial charge in [0.1, 0.15) is 5.75 Å². The number of aliphatic hydroxyl groups is 1. The number of fused-ring (bicyclic) bond motifs is 1. The lowest BCUT2D eigenvalue weighted by Crippen LogP contribution is -2.46. The van der Waals surface area contributed by atoms with Crippen LogP contribution < -0.4 is 15.4 Å². The Balaban J connectivity index is 1.71. The van der Waals surface area contributed by atoms with Gasteiger partial charge in [-0.2, -0.15) is 0 Å². The maximum absolute atomic E-state index is 11.7. The Kier molecular flexibility index (Phi) is 5.66. The van der Waals surface area contributed by atoms with E-state index in [1.807, 2.05) is 26.0 Å². The smallest absolute Gasteiger partial charge is 0.314 e. The highest BCUT2D eigenvalue weighted by Crippen LogP contribution is 2.25. The molecule has 3 N–H and O–H groups in total. The number of urea groups is 1. The predicted molar refractivity (Wildman–Crippen MR) is 86.3 cm³/mol. The minimum absolute atomic E-state index is 0.232. The van der Waals surface area contributed by atoms with Gasteiger partial charge in [0.25, 0.3) is 0 Å². The van der Waals surface area contributed by atoms with Crippen LogP contribution in [0.5, 0.6) is 5.75 Å². The summed E-state index contributed by atoms with van der Waals surface area (Å²) in [5.74, 6) is 0.980. The van der Waals surface area contributed by atoms with Crippen molar-refractivity contribution in [3.8, 4) is 5.75 Å². The molecule has 0 saturated heterocycles. The lowest BCUT2D eigenvalue weighted by Gasteiger charge is -2.25. The topological polar surface area (TPSA) is 70.6 Å². The lowest BCUT2D eigenvalue weighted by molar-refractivity contribution is 0.0349. The fourth-order valence-corrected chi connectivity index (χ4v) is 2.52. The van der Waals surface area contributed by atoms with Crippen molar-refractivity contribution in [3.63, 3.8) is 0 Å². The van der Waals surface area contributed by atoms with Crippen LogP contribution in [0.2, 0.25) is 0 Å². The van der Waals surface area contributed by atoms with E-state index < -0.39 is 5.60 Å². The Bertz CT molecular complexity index is 513. The number of carbonyl (C=O) groups is 1. The van der Waals surface area contributed by atoms with Crippen LogP contribution in [-0.4, -0.2) is 36.4 Å². The summed E-state index contributed by atoms with van der Waals surface area (Å²) < 4.78 is 5.48. The number of ether oxygens (including phenoxy) is 1. The molecule has 5 heteroatoms. The highest BCUT2D eigenvalue weighted by atomic mass is 16.5. The quantitative estimate of drug-likeness (QED) is 0.722. The molecule has 0 unspecified atom stereocenters. The van der Waals surface area contributed by atoms with E-state index in [0.29, 0.717) is 19.4 Å². The highest BCUT2D eigenvalue weighted by Gasteiger charge is 2.22. The van der Waals surface area contributed by atoms with Crippen LogP contribution in [0.1, 0.15) is 37.8 Å². The number of nitrogens with one attached hydrogen (secondary N) is 2. The fourth-order valence-electron chi connectivity index (χ4n) is 2.52. The van der Waals surface area contributed by atoms with Gasteiger partial charge in [-0.25, -0.2) is 4.79 Å². The van der Waals surface area contributed by atoms with Gasteiger partial charge in [0.15, 0.2) is 0 Å². The molecule has 22 heavy (non-hydrogen) atoms. The minimum atomic E-state index is -0.808. The molecule has 1 aromatic carbocycles. The van der Waals surface area contributed by atoms with Crippen molar-refractivity contribution in [1.29, 1.82) is 0 Å². The summed E-state index contributed by atoms with van der Waals surface area (Å²) in [5.41, 5.74) is 1.64. The Morgan fingerprint density at radius 1 is 1.32 bits per heavy atom. The summed E-state index contributed by atoms with van der Waals surface area (Å²) in [7, 11) is 0. The molecule has 1 aliphatic rings. The van der Waals surface area contributed by atoms with Gasteiger partial charge in [-0.15, -0.1) is 0 Å². The summed E-state index contributed by atoms with van der Waals surface area (Å²) in [4.78, 5) is 11.7. The van der Waals surface area contributed by atoms with E-state index in [1.54, 1.807) is 0 Å². The second kappa shape index (κ2) is 7.49. The molecule has 0 saturated carbocycles. The van der Waals surface area contributed by atoms with E-state index in [4.69, 9.17) is 4.74 Å². The van der Waals surface area contributed by atoms with Crippen LogP contribution in [-0.2, 0) is 12.8 Å². The first kappa shape index (κ1) is 16.6. The molecule has 1 aliphatic heterocycles. The van der Waals surface area contributed by atoms with Gasteiger partial charge in [0.2, 0.25) is 0 Å². The molecule has 0 spiro atoms. The first-order valence-corrected chi connectivity index (χ1v) is 8.05. The van der Waals surface area contributed by atoms with Gasteiger partial charge in [-0.05, 0) is 36.5 Å². The molecule has 0 fully saturated rings. The third kappa shape index (κ3) is 4.37. The van der Waals surface area contributed by atoms with Gasteiger partial charge in [0.05, 0.1) is 12.2 Å². The Labute approximate surface area is 132 Å². The van der Waals surface area contributed by atoms with Crippen LogP contribution in [0.3, 0.4) is 0 Å². The van der Waals surface area contributed by atoms with Crippen molar-refractivity contribution < 1.29 is 14.6 Å². The number of carbonyl (C=O) groups excluding carboxylic acids is 1. The molecular weight excluding hydrogens is 280 g/mol.